The molecule has 0 radical (unpaired) electrons. The fourth-order valence-corrected chi connectivity index (χ4v) is 14.7. The molecule has 10 aromatic rings. The average molecular weight is 1880 g/mol. The van der Waals surface area contributed by atoms with Gasteiger partial charge in [-0.1, -0.05) is 153 Å². The molecule has 10 N–H and O–H groups in total. The number of ether oxygens (including phenoxy) is 4. The predicted octanol–water partition coefficient (Wildman–Crippen LogP) is 9.15. The molecule has 38 heteroatoms. The number of aliphatic hydroxyl groups excluding tert-OH is 3. The van der Waals surface area contributed by atoms with Crippen LogP contribution in [0.3, 0.4) is 0 Å². The zero-order valence-electron chi connectivity index (χ0n) is 76.2. The van der Waals surface area contributed by atoms with E-state index in [2.05, 4.69) is 78.4 Å². The molecule has 6 unspecified atom stereocenters. The SMILES string of the molecule is C1CCOC1.CC.CC(=O)C1Cc2[nH]nc(-c3ccccc3)c2CN1C(=O)OC(C)(C)C.CC(=O)C1Cc2c(n[nH]c2C)CN1C(=O)OC(C)(C)C.CC(C)(C)OC(=O)N1Cc2c(-c3ccccc3)n[nH]c2CC1CO.O=C(Nc1cccc(Cl)c1)N1Cc2c(-c3ccccc3)n[nH]c2CC1CO.O=[P+]([O-])O[O-].OCC1Cc2[nH]nc(-c3ccccc3)c2CN1.[K+].[K][K]. The summed E-state index contributed by atoms with van der Waals surface area (Å²) in [6.07, 6.45) is 3.98. The minimum absolute atomic E-state index is 0. The van der Waals surface area contributed by atoms with Crippen molar-refractivity contribution in [2.75, 3.05) is 38.4 Å². The number of aryl methyl sites for hydroxylation is 1. The van der Waals surface area contributed by atoms with Gasteiger partial charge in [0.15, 0.2) is 11.6 Å². The Morgan fingerprint density at radius 3 is 1.25 bits per heavy atom. The van der Waals surface area contributed by atoms with Crippen molar-refractivity contribution in [3.8, 4) is 45.0 Å². The Morgan fingerprint density at radius 1 is 0.508 bits per heavy atom. The van der Waals surface area contributed by atoms with Crippen LogP contribution in [0, 0.1) is 6.92 Å². The number of halogens is 1. The maximum absolute atomic E-state index is 12.9. The number of urea groups is 1. The van der Waals surface area contributed by atoms with Gasteiger partial charge >= 0.3 is 147 Å². The van der Waals surface area contributed by atoms with Crippen molar-refractivity contribution in [2.45, 2.75) is 222 Å². The number of carbonyl (C=O) groups excluding carboxylic acids is 6. The predicted molar refractivity (Wildman–Crippen MR) is 479 cm³/mol. The van der Waals surface area contributed by atoms with Gasteiger partial charge in [-0.2, -0.15) is 25.5 Å². The van der Waals surface area contributed by atoms with Crippen LogP contribution >= 0.6 is 19.9 Å². The fourth-order valence-electron chi connectivity index (χ4n) is 14.5. The number of aromatic nitrogens is 10. The molecule has 6 atom stereocenters. The van der Waals surface area contributed by atoms with Crippen molar-refractivity contribution in [2.24, 2.45) is 0 Å². The van der Waals surface area contributed by atoms with Crippen molar-refractivity contribution >= 4 is 125 Å². The van der Waals surface area contributed by atoms with Crippen LogP contribution in [0.15, 0.2) is 146 Å². The Labute approximate surface area is 840 Å². The number of fused-ring (bicyclic) bond motifs is 5. The number of anilines is 1. The molecule has 16 rings (SSSR count). The number of ketones is 2. The number of carbonyl (C=O) groups is 6. The molecule has 1 saturated heterocycles. The number of amides is 5. The van der Waals surface area contributed by atoms with Gasteiger partial charge in [-0.15, -0.1) is 0 Å². The van der Waals surface area contributed by atoms with Gasteiger partial charge in [-0.3, -0.25) is 49.8 Å². The van der Waals surface area contributed by atoms with E-state index in [1.807, 2.05) is 192 Å². The van der Waals surface area contributed by atoms with E-state index in [1.165, 1.54) is 105 Å². The Hall–Kier alpha value is -6.45. The van der Waals surface area contributed by atoms with E-state index in [-0.39, 0.29) is 107 Å². The molecule has 6 aliphatic heterocycles. The van der Waals surface area contributed by atoms with E-state index in [0.717, 1.165) is 128 Å². The number of hydrogen-bond donors (Lipinski definition) is 10. The molecule has 5 aromatic heterocycles. The zero-order chi connectivity index (χ0) is 92.9. The van der Waals surface area contributed by atoms with Crippen LogP contribution in [0.25, 0.3) is 45.0 Å². The monoisotopic (exact) mass is 1870 g/mol. The van der Waals surface area contributed by atoms with Crippen LogP contribution < -0.4 is 72.2 Å². The Kier molecular flexibility index (Phi) is 44.8. The second-order valence-electron chi connectivity index (χ2n) is 33.1. The molecular formula is C90H115ClK3N16O17P. The maximum atomic E-state index is 12.9. The molecular weight excluding hydrogens is 1760 g/mol. The summed E-state index contributed by atoms with van der Waals surface area (Å²) in [5.41, 5.74) is 17.3. The van der Waals surface area contributed by atoms with Gasteiger partial charge in [0.25, 0.3) is 0 Å². The number of benzene rings is 5. The van der Waals surface area contributed by atoms with Crippen molar-refractivity contribution in [1.29, 1.82) is 0 Å². The van der Waals surface area contributed by atoms with Crippen molar-refractivity contribution < 1.29 is 134 Å². The summed E-state index contributed by atoms with van der Waals surface area (Å²) < 4.78 is 32.6. The molecule has 11 heterocycles. The molecule has 0 bridgehead atoms. The van der Waals surface area contributed by atoms with Crippen LogP contribution in [0.2, 0.25) is 5.02 Å². The number of nitrogens with one attached hydrogen (secondary N) is 7. The summed E-state index contributed by atoms with van der Waals surface area (Å²) in [7, 11) is -3.15. The van der Waals surface area contributed by atoms with Gasteiger partial charge in [-0.05, 0) is 119 Å². The first-order chi connectivity index (χ1) is 60.6. The quantitative estimate of drug-likeness (QED) is 0.0189. The van der Waals surface area contributed by atoms with E-state index in [4.69, 9.17) is 50.4 Å². The summed E-state index contributed by atoms with van der Waals surface area (Å²) in [4.78, 5) is 89.3. The van der Waals surface area contributed by atoms with Crippen LogP contribution in [0.1, 0.15) is 165 Å². The van der Waals surface area contributed by atoms with Gasteiger partial charge in [0, 0.05) is 147 Å². The third-order valence-electron chi connectivity index (χ3n) is 20.5. The van der Waals surface area contributed by atoms with Gasteiger partial charge in [-0.25, -0.2) is 23.9 Å². The van der Waals surface area contributed by atoms with Crippen molar-refractivity contribution in [1.82, 2.24) is 75.9 Å². The third-order valence-corrected chi connectivity index (χ3v) is 20.8. The molecule has 0 spiro atoms. The van der Waals surface area contributed by atoms with Crippen LogP contribution in [0.5, 0.6) is 0 Å². The molecule has 0 aliphatic carbocycles. The molecule has 672 valence electrons. The summed E-state index contributed by atoms with van der Waals surface area (Å²) >= 11 is 8.49. The summed E-state index contributed by atoms with van der Waals surface area (Å²) in [6.45, 7) is 29.3. The number of nitrogens with zero attached hydrogens (tertiary/aromatic N) is 9. The number of aliphatic hydroxyl groups is 3. The first-order valence-corrected chi connectivity index (χ1v) is 60.0. The zero-order valence-corrected chi connectivity index (χ0v) is 87.2. The summed E-state index contributed by atoms with van der Waals surface area (Å²) in [5.74, 6) is -0.102. The normalized spacial score (nSPS) is 16.9. The van der Waals surface area contributed by atoms with Gasteiger partial charge in [0.1, 0.15) is 16.8 Å². The number of rotatable bonds is 11. The number of Topliss-reactive ketones (excluding diaryl/α,β-unsaturated/α-hetero) is 2. The van der Waals surface area contributed by atoms with Crippen LogP contribution in [-0.2, 0) is 103 Å². The van der Waals surface area contributed by atoms with Gasteiger partial charge in [0.05, 0.1) is 98.6 Å². The molecule has 5 aromatic carbocycles. The molecule has 128 heavy (non-hydrogen) atoms. The number of H-pyrrole nitrogens is 5. The molecule has 5 amide bonds. The topological polar surface area (TPSA) is 453 Å². The van der Waals surface area contributed by atoms with E-state index in [1.54, 1.807) is 34.1 Å². The minimum atomic E-state index is -3.15. The van der Waals surface area contributed by atoms with E-state index >= 15 is 0 Å². The number of aromatic amines is 5. The second kappa shape index (κ2) is 52.9. The number of hydrogen-bond acceptors (Lipinski definition) is 23. The Balaban J connectivity index is 0.000000212. The van der Waals surface area contributed by atoms with Gasteiger partial charge < -0.3 is 60.0 Å². The molecule has 6 aliphatic rings. The van der Waals surface area contributed by atoms with Crippen LogP contribution in [0.4, 0.5) is 24.9 Å². The molecule has 33 nitrogen and oxygen atoms in total. The van der Waals surface area contributed by atoms with E-state index < -0.39 is 55.4 Å². The first kappa shape index (κ1) is 109. The van der Waals surface area contributed by atoms with Crippen molar-refractivity contribution in [3.63, 3.8) is 0 Å². The molecule has 1 fully saturated rings. The standard InChI is InChI=1S/C20H19ClN4O2.C19H23N3O3.C18H23N3O3.C14H21N3O3.C13H15N3O.C4H8O.C2H6.3K.HO4P/c21-14-7-4-8-15(9-14)22-20(27)25-11-17-18(10-16(25)12-26)23-24-19(17)13-5-2-1-3-6-13;1-12(23)16-10-15-14(11-22(16)18(24)25-19(2,3)4)17(21-20-15)13-8-6-5-7-9-13;1-18(2,3)24-17(23)21-10-14-15(9-13(21)11-22)19-20-16(14)12-7-5-4-6-8-12;1-8-10-6-12(9(2)18)17(7-11(10)16-15-8)13(19)20-14(3,4)5;17-8-10-6-12-11(7-14-10)13(16-15-12)9-4-2-1-3-5-9;1-2-4-5-3-1;1-2;;;;1-4-5(2)3/h1-9,16,26H,10-12H2,(H,22,27)(H,23,24);5-9,16H,10-11H2,1-4H3,(H,20,21);4-8,13,22H,9-11H2,1-3H3,(H,19,20);12H,6-7H2,1-5H3,(H,15,16);1-5,10,14,17H,6-8H2,(H,15,16);1-4H2;1-2H3;;;;1H/q;;;;;;;;;+1;/p-1. The molecule has 0 saturated carbocycles. The van der Waals surface area contributed by atoms with Crippen LogP contribution in [-0.4, -0.2) is 265 Å². The second-order valence-corrected chi connectivity index (χ2v) is 34.1. The fraction of sp³-hybridized carbons (Fsp3) is 0.433. The van der Waals surface area contributed by atoms with E-state index in [0.29, 0.717) is 62.6 Å². The van der Waals surface area contributed by atoms with Crippen molar-refractivity contribution in [3.05, 3.63) is 213 Å². The average Bonchev–Trinajstić information content (AvgIpc) is 1.57. The Bertz CT molecular complexity index is 5190. The Morgan fingerprint density at radius 2 is 0.875 bits per heavy atom. The summed E-state index contributed by atoms with van der Waals surface area (Å²) in [6, 6.07) is 44.9. The van der Waals surface area contributed by atoms with Gasteiger partial charge in [0.2, 0.25) is 0 Å². The first-order valence-electron chi connectivity index (χ1n) is 42.5. The van der Waals surface area contributed by atoms with E-state index in [9.17, 15) is 39.0 Å². The summed E-state index contributed by atoms with van der Waals surface area (Å²) in [5, 5.41) is 80.9. The third kappa shape index (κ3) is 31.9.